The van der Waals surface area contributed by atoms with Crippen LogP contribution in [0.1, 0.15) is 11.1 Å². The van der Waals surface area contributed by atoms with Gasteiger partial charge in [0, 0.05) is 5.02 Å². The quantitative estimate of drug-likeness (QED) is 0.561. The number of rotatable bonds is 3. The van der Waals surface area contributed by atoms with Crippen molar-refractivity contribution < 1.29 is 4.79 Å². The Kier molecular flexibility index (Phi) is 3.76. The van der Waals surface area contributed by atoms with Crippen LogP contribution in [0.5, 0.6) is 0 Å². The summed E-state index contributed by atoms with van der Waals surface area (Å²) >= 11 is 11.6. The van der Waals surface area contributed by atoms with Crippen molar-refractivity contribution in [2.75, 3.05) is 0 Å². The maximum atomic E-state index is 10.3. The van der Waals surface area contributed by atoms with Crippen molar-refractivity contribution in [2.24, 2.45) is 0 Å². The Morgan fingerprint density at radius 3 is 2.85 bits per heavy atom. The third-order valence-corrected chi connectivity index (χ3v) is 2.61. The van der Waals surface area contributed by atoms with E-state index in [4.69, 9.17) is 23.2 Å². The predicted molar refractivity (Wildman–Crippen MR) is 55.6 cm³/mol. The predicted octanol–water partition coefficient (Wildman–Crippen LogP) is 3.00. The van der Waals surface area contributed by atoms with Gasteiger partial charge in [-0.25, -0.2) is 0 Å². The second-order valence-corrected chi connectivity index (χ2v) is 3.85. The molecule has 0 bridgehead atoms. The fourth-order valence-corrected chi connectivity index (χ4v) is 1.49. The fraction of sp³-hybridized carbons (Fsp3) is 0.300. The first-order chi connectivity index (χ1) is 6.15. The Morgan fingerprint density at radius 2 is 2.23 bits per heavy atom. The molecule has 0 aliphatic rings. The number of hydrogen-bond acceptors (Lipinski definition) is 1. The zero-order valence-corrected chi connectivity index (χ0v) is 8.77. The second-order valence-electron chi connectivity index (χ2n) is 2.88. The van der Waals surface area contributed by atoms with Gasteiger partial charge >= 0.3 is 0 Å². The Labute approximate surface area is 87.7 Å². The molecule has 0 heterocycles. The average molecular weight is 217 g/mol. The highest BCUT2D eigenvalue weighted by Crippen LogP contribution is 2.20. The summed E-state index contributed by atoms with van der Waals surface area (Å²) in [5.74, 6) is 0. The molecular formula is C10H10Cl2O. The molecule has 1 unspecified atom stereocenters. The lowest BCUT2D eigenvalue weighted by Crippen LogP contribution is -2.05. The van der Waals surface area contributed by atoms with Gasteiger partial charge < -0.3 is 4.79 Å². The van der Waals surface area contributed by atoms with Gasteiger partial charge in [-0.1, -0.05) is 23.7 Å². The van der Waals surface area contributed by atoms with Gasteiger partial charge in [0.15, 0.2) is 0 Å². The van der Waals surface area contributed by atoms with Gasteiger partial charge in [0.2, 0.25) is 0 Å². The smallest absolute Gasteiger partial charge is 0.138 e. The molecule has 3 heteroatoms. The van der Waals surface area contributed by atoms with E-state index >= 15 is 0 Å². The van der Waals surface area contributed by atoms with Crippen LogP contribution in [0.15, 0.2) is 18.2 Å². The van der Waals surface area contributed by atoms with Gasteiger partial charge in [-0.2, -0.15) is 0 Å². The van der Waals surface area contributed by atoms with Gasteiger partial charge in [0.05, 0.1) is 5.38 Å². The monoisotopic (exact) mass is 216 g/mol. The van der Waals surface area contributed by atoms with Crippen LogP contribution in [-0.2, 0) is 11.2 Å². The summed E-state index contributed by atoms with van der Waals surface area (Å²) in [6, 6.07) is 5.61. The van der Waals surface area contributed by atoms with Crippen molar-refractivity contribution in [1.29, 1.82) is 0 Å². The zero-order valence-electron chi connectivity index (χ0n) is 7.26. The number of alkyl halides is 1. The van der Waals surface area contributed by atoms with Gasteiger partial charge in [-0.05, 0) is 30.5 Å². The van der Waals surface area contributed by atoms with E-state index in [9.17, 15) is 4.79 Å². The average Bonchev–Trinajstić information content (AvgIpc) is 2.13. The molecule has 0 spiro atoms. The van der Waals surface area contributed by atoms with Crippen LogP contribution in [0.3, 0.4) is 0 Å². The van der Waals surface area contributed by atoms with Gasteiger partial charge in [-0.15, -0.1) is 11.6 Å². The van der Waals surface area contributed by atoms with Gasteiger partial charge in [0.1, 0.15) is 6.29 Å². The summed E-state index contributed by atoms with van der Waals surface area (Å²) in [5, 5.41) is 0.254. The van der Waals surface area contributed by atoms with E-state index in [1.165, 1.54) is 0 Å². The van der Waals surface area contributed by atoms with Crippen LogP contribution in [0.25, 0.3) is 0 Å². The molecule has 70 valence electrons. The second kappa shape index (κ2) is 4.64. The molecule has 0 saturated heterocycles. The maximum absolute atomic E-state index is 10.3. The third kappa shape index (κ3) is 2.71. The topological polar surface area (TPSA) is 17.1 Å². The molecule has 0 aliphatic heterocycles. The Balaban J connectivity index is 2.88. The Hall–Kier alpha value is -0.530. The molecule has 1 rings (SSSR count). The molecule has 0 amide bonds. The van der Waals surface area contributed by atoms with Gasteiger partial charge in [0.25, 0.3) is 0 Å². The summed E-state index contributed by atoms with van der Waals surface area (Å²) in [5.41, 5.74) is 2.02. The first kappa shape index (κ1) is 10.6. The highest BCUT2D eigenvalue weighted by atomic mass is 35.5. The number of carbonyl (C=O) groups is 1. The molecule has 1 atom stereocenters. The van der Waals surface area contributed by atoms with E-state index in [-0.39, 0.29) is 0 Å². The first-order valence-electron chi connectivity index (χ1n) is 3.98. The van der Waals surface area contributed by atoms with Crippen molar-refractivity contribution >= 4 is 29.5 Å². The van der Waals surface area contributed by atoms with E-state index in [1.54, 1.807) is 0 Å². The molecule has 1 aromatic carbocycles. The number of carbonyl (C=O) groups excluding carboxylic acids is 1. The molecule has 0 aliphatic carbocycles. The molecule has 0 fully saturated rings. The molecule has 0 aromatic heterocycles. The largest absolute Gasteiger partial charge is 0.302 e. The summed E-state index contributed by atoms with van der Waals surface area (Å²) in [4.78, 5) is 10.3. The first-order valence-corrected chi connectivity index (χ1v) is 4.80. The van der Waals surface area contributed by atoms with Crippen LogP contribution >= 0.6 is 23.2 Å². The minimum Gasteiger partial charge on any atom is -0.302 e. The number of aldehydes is 1. The van der Waals surface area contributed by atoms with E-state index < -0.39 is 5.38 Å². The van der Waals surface area contributed by atoms with E-state index in [2.05, 4.69) is 0 Å². The van der Waals surface area contributed by atoms with Crippen LogP contribution in [0, 0.1) is 6.92 Å². The molecule has 1 aromatic rings. The summed E-state index contributed by atoms with van der Waals surface area (Å²) in [6.45, 7) is 1.92. The fourth-order valence-electron chi connectivity index (χ4n) is 1.13. The van der Waals surface area contributed by atoms with Gasteiger partial charge in [-0.3, -0.25) is 0 Å². The van der Waals surface area contributed by atoms with Crippen molar-refractivity contribution in [3.63, 3.8) is 0 Å². The number of benzene rings is 1. The lowest BCUT2D eigenvalue weighted by Gasteiger charge is -2.07. The molecule has 0 saturated carbocycles. The Morgan fingerprint density at radius 1 is 1.54 bits per heavy atom. The van der Waals surface area contributed by atoms with Crippen LogP contribution in [0.4, 0.5) is 0 Å². The maximum Gasteiger partial charge on any atom is 0.138 e. The minimum atomic E-state index is -0.461. The molecular weight excluding hydrogens is 207 g/mol. The van der Waals surface area contributed by atoms with Crippen LogP contribution in [-0.4, -0.2) is 11.7 Å². The molecule has 0 radical (unpaired) electrons. The normalized spacial score (nSPS) is 12.5. The van der Waals surface area contributed by atoms with Crippen LogP contribution < -0.4 is 0 Å². The molecule has 1 nitrogen and oxygen atoms in total. The van der Waals surface area contributed by atoms with E-state index in [0.29, 0.717) is 11.4 Å². The third-order valence-electron chi connectivity index (χ3n) is 1.94. The molecule has 13 heavy (non-hydrogen) atoms. The van der Waals surface area contributed by atoms with Crippen molar-refractivity contribution in [1.82, 2.24) is 0 Å². The number of halogens is 2. The lowest BCUT2D eigenvalue weighted by atomic mass is 10.0. The SMILES string of the molecule is Cc1c(Cl)cccc1CC(Cl)C=O. The van der Waals surface area contributed by atoms with E-state index in [1.807, 2.05) is 25.1 Å². The Bertz CT molecular complexity index is 310. The minimum absolute atomic E-state index is 0.461. The number of hydrogen-bond donors (Lipinski definition) is 0. The summed E-state index contributed by atoms with van der Waals surface area (Å²) in [6.07, 6.45) is 1.28. The van der Waals surface area contributed by atoms with E-state index in [0.717, 1.165) is 17.4 Å². The van der Waals surface area contributed by atoms with Crippen LogP contribution in [0.2, 0.25) is 5.02 Å². The van der Waals surface area contributed by atoms with Crippen molar-refractivity contribution in [3.8, 4) is 0 Å². The van der Waals surface area contributed by atoms with Crippen molar-refractivity contribution in [2.45, 2.75) is 18.7 Å². The van der Waals surface area contributed by atoms with Crippen molar-refractivity contribution in [3.05, 3.63) is 34.3 Å². The summed E-state index contributed by atoms with van der Waals surface area (Å²) in [7, 11) is 0. The highest BCUT2D eigenvalue weighted by Gasteiger charge is 2.07. The summed E-state index contributed by atoms with van der Waals surface area (Å²) < 4.78 is 0. The standard InChI is InChI=1S/C10H10Cl2O/c1-7-8(5-9(11)6-13)3-2-4-10(7)12/h2-4,6,9H,5H2,1H3. The molecule has 0 N–H and O–H groups in total. The highest BCUT2D eigenvalue weighted by molar-refractivity contribution is 6.31. The zero-order chi connectivity index (χ0) is 9.84. The lowest BCUT2D eigenvalue weighted by molar-refractivity contribution is -0.107.